The zero-order valence-electron chi connectivity index (χ0n) is 11.3. The standard InChI is InChI=1S/C17H14ClNO/c1-10-6-11(2)16-14(7-10)15(9-20)17(19-16)12-4-3-5-13(18)8-12/h3-9,19H,1-2H3. The molecule has 3 aromatic rings. The van der Waals surface area contributed by atoms with Crippen molar-refractivity contribution in [2.75, 3.05) is 0 Å². The first-order chi connectivity index (χ1) is 9.60. The predicted octanol–water partition coefficient (Wildman–Crippen LogP) is 4.92. The fourth-order valence-corrected chi connectivity index (χ4v) is 2.86. The monoisotopic (exact) mass is 283 g/mol. The van der Waals surface area contributed by atoms with Gasteiger partial charge in [0, 0.05) is 27.1 Å². The summed E-state index contributed by atoms with van der Waals surface area (Å²) in [5, 5.41) is 1.62. The highest BCUT2D eigenvalue weighted by Gasteiger charge is 2.14. The number of aromatic nitrogens is 1. The number of benzene rings is 2. The first-order valence-corrected chi connectivity index (χ1v) is 6.82. The Labute approximate surface area is 122 Å². The van der Waals surface area contributed by atoms with Gasteiger partial charge in [0.15, 0.2) is 6.29 Å². The fourth-order valence-electron chi connectivity index (χ4n) is 2.67. The van der Waals surface area contributed by atoms with Gasteiger partial charge in [0.2, 0.25) is 0 Å². The second-order valence-corrected chi connectivity index (χ2v) is 5.48. The second-order valence-electron chi connectivity index (χ2n) is 5.05. The summed E-state index contributed by atoms with van der Waals surface area (Å²) >= 11 is 6.04. The molecular weight excluding hydrogens is 270 g/mol. The molecule has 1 aromatic heterocycles. The van der Waals surface area contributed by atoms with E-state index in [2.05, 4.69) is 11.1 Å². The van der Waals surface area contributed by atoms with E-state index in [1.54, 1.807) is 0 Å². The highest BCUT2D eigenvalue weighted by Crippen LogP contribution is 2.32. The molecule has 2 aromatic carbocycles. The summed E-state index contributed by atoms with van der Waals surface area (Å²) in [6, 6.07) is 11.7. The topological polar surface area (TPSA) is 32.9 Å². The first kappa shape index (κ1) is 12.9. The van der Waals surface area contributed by atoms with E-state index in [1.807, 2.05) is 44.2 Å². The van der Waals surface area contributed by atoms with Crippen molar-refractivity contribution in [1.82, 2.24) is 4.98 Å². The quantitative estimate of drug-likeness (QED) is 0.666. The third-order valence-electron chi connectivity index (χ3n) is 3.52. The predicted molar refractivity (Wildman–Crippen MR) is 83.6 cm³/mol. The summed E-state index contributed by atoms with van der Waals surface area (Å²) in [6.07, 6.45) is 0.911. The Bertz CT molecular complexity index is 817. The number of nitrogens with one attached hydrogen (secondary N) is 1. The normalized spacial score (nSPS) is 10.9. The molecule has 0 amide bonds. The third-order valence-corrected chi connectivity index (χ3v) is 3.76. The Morgan fingerprint density at radius 2 is 1.95 bits per heavy atom. The number of rotatable bonds is 2. The van der Waals surface area contributed by atoms with Gasteiger partial charge in [-0.3, -0.25) is 4.79 Å². The maximum Gasteiger partial charge on any atom is 0.152 e. The van der Waals surface area contributed by atoms with Crippen molar-refractivity contribution >= 4 is 28.8 Å². The number of carbonyl (C=O) groups excluding carboxylic acids is 1. The molecule has 3 rings (SSSR count). The molecule has 0 aliphatic heterocycles. The van der Waals surface area contributed by atoms with Gasteiger partial charge in [-0.25, -0.2) is 0 Å². The summed E-state index contributed by atoms with van der Waals surface area (Å²) in [6.45, 7) is 4.08. The fraction of sp³-hybridized carbons (Fsp3) is 0.118. The molecule has 0 atom stereocenters. The van der Waals surface area contributed by atoms with Crippen molar-refractivity contribution in [2.45, 2.75) is 13.8 Å². The molecule has 0 spiro atoms. The van der Waals surface area contributed by atoms with Gasteiger partial charge in [-0.05, 0) is 37.6 Å². The number of hydrogen-bond donors (Lipinski definition) is 1. The van der Waals surface area contributed by atoms with Crippen molar-refractivity contribution in [3.8, 4) is 11.3 Å². The van der Waals surface area contributed by atoms with Gasteiger partial charge in [-0.1, -0.05) is 35.4 Å². The van der Waals surface area contributed by atoms with Gasteiger partial charge in [0.05, 0.1) is 5.69 Å². The van der Waals surface area contributed by atoms with E-state index in [-0.39, 0.29) is 0 Å². The van der Waals surface area contributed by atoms with Gasteiger partial charge in [0.1, 0.15) is 0 Å². The van der Waals surface area contributed by atoms with Crippen LogP contribution in [0.1, 0.15) is 21.5 Å². The van der Waals surface area contributed by atoms with Crippen molar-refractivity contribution in [3.05, 3.63) is 58.1 Å². The van der Waals surface area contributed by atoms with Gasteiger partial charge < -0.3 is 4.98 Å². The third kappa shape index (κ3) is 2.02. The summed E-state index contributed by atoms with van der Waals surface area (Å²) in [7, 11) is 0. The van der Waals surface area contributed by atoms with E-state index >= 15 is 0 Å². The Morgan fingerprint density at radius 3 is 2.65 bits per heavy atom. The highest BCUT2D eigenvalue weighted by atomic mass is 35.5. The number of fused-ring (bicyclic) bond motifs is 1. The van der Waals surface area contributed by atoms with E-state index in [4.69, 9.17) is 11.6 Å². The van der Waals surface area contributed by atoms with Crippen LogP contribution >= 0.6 is 11.6 Å². The zero-order valence-corrected chi connectivity index (χ0v) is 12.1. The molecule has 0 bridgehead atoms. The lowest BCUT2D eigenvalue weighted by molar-refractivity contribution is 0.112. The lowest BCUT2D eigenvalue weighted by Crippen LogP contribution is -1.84. The zero-order chi connectivity index (χ0) is 14.3. The van der Waals surface area contributed by atoms with Crippen LogP contribution in [0.3, 0.4) is 0 Å². The first-order valence-electron chi connectivity index (χ1n) is 6.44. The number of H-pyrrole nitrogens is 1. The number of aldehydes is 1. The molecular formula is C17H14ClNO. The van der Waals surface area contributed by atoms with Crippen LogP contribution in [-0.4, -0.2) is 11.3 Å². The molecule has 3 heteroatoms. The molecule has 0 saturated carbocycles. The van der Waals surface area contributed by atoms with Crippen LogP contribution in [0, 0.1) is 13.8 Å². The maximum absolute atomic E-state index is 11.5. The molecule has 0 saturated heterocycles. The Morgan fingerprint density at radius 1 is 1.15 bits per heavy atom. The Balaban J connectivity index is 2.37. The van der Waals surface area contributed by atoms with E-state index in [9.17, 15) is 4.79 Å². The molecule has 100 valence electrons. The molecule has 0 unspecified atom stereocenters. The molecule has 20 heavy (non-hydrogen) atoms. The number of carbonyl (C=O) groups is 1. The average molecular weight is 284 g/mol. The molecule has 0 fully saturated rings. The number of hydrogen-bond acceptors (Lipinski definition) is 1. The van der Waals surface area contributed by atoms with Crippen molar-refractivity contribution in [3.63, 3.8) is 0 Å². The lowest BCUT2D eigenvalue weighted by Gasteiger charge is -2.00. The highest BCUT2D eigenvalue weighted by molar-refractivity contribution is 6.30. The minimum atomic E-state index is 0.658. The van der Waals surface area contributed by atoms with Gasteiger partial charge in [0.25, 0.3) is 0 Å². The number of aryl methyl sites for hydroxylation is 2. The summed E-state index contributed by atoms with van der Waals surface area (Å²) in [5.74, 6) is 0. The van der Waals surface area contributed by atoms with E-state index in [1.165, 1.54) is 0 Å². The van der Waals surface area contributed by atoms with Crippen molar-refractivity contribution in [1.29, 1.82) is 0 Å². The second kappa shape index (κ2) is 4.80. The van der Waals surface area contributed by atoms with Crippen LogP contribution in [0.15, 0.2) is 36.4 Å². The molecule has 1 heterocycles. The number of halogens is 1. The van der Waals surface area contributed by atoms with Crippen LogP contribution in [0.4, 0.5) is 0 Å². The minimum absolute atomic E-state index is 0.658. The molecule has 0 aliphatic carbocycles. The average Bonchev–Trinajstić information content (AvgIpc) is 2.77. The van der Waals surface area contributed by atoms with E-state index in [0.717, 1.165) is 39.6 Å². The van der Waals surface area contributed by atoms with Crippen molar-refractivity contribution < 1.29 is 4.79 Å². The van der Waals surface area contributed by atoms with Gasteiger partial charge in [-0.2, -0.15) is 0 Å². The van der Waals surface area contributed by atoms with Gasteiger partial charge in [-0.15, -0.1) is 0 Å². The van der Waals surface area contributed by atoms with E-state index in [0.29, 0.717) is 10.6 Å². The smallest absolute Gasteiger partial charge is 0.152 e. The van der Waals surface area contributed by atoms with Crippen LogP contribution in [0.5, 0.6) is 0 Å². The summed E-state index contributed by atoms with van der Waals surface area (Å²) < 4.78 is 0. The number of aromatic amines is 1. The van der Waals surface area contributed by atoms with Crippen LogP contribution in [-0.2, 0) is 0 Å². The van der Waals surface area contributed by atoms with Crippen LogP contribution in [0.25, 0.3) is 22.2 Å². The van der Waals surface area contributed by atoms with E-state index < -0.39 is 0 Å². The lowest BCUT2D eigenvalue weighted by atomic mass is 10.0. The Hall–Kier alpha value is -2.06. The molecule has 2 nitrogen and oxygen atoms in total. The molecule has 0 aliphatic rings. The minimum Gasteiger partial charge on any atom is -0.354 e. The SMILES string of the molecule is Cc1cc(C)c2[nH]c(-c3cccc(Cl)c3)c(C=O)c2c1. The van der Waals surface area contributed by atoms with Crippen molar-refractivity contribution in [2.24, 2.45) is 0 Å². The Kier molecular flexibility index (Phi) is 3.11. The van der Waals surface area contributed by atoms with Crippen LogP contribution < -0.4 is 0 Å². The molecule has 1 N–H and O–H groups in total. The molecule has 0 radical (unpaired) electrons. The largest absolute Gasteiger partial charge is 0.354 e. The summed E-state index contributed by atoms with van der Waals surface area (Å²) in [4.78, 5) is 14.9. The summed E-state index contributed by atoms with van der Waals surface area (Å²) in [5.41, 5.74) is 5.73. The maximum atomic E-state index is 11.5. The van der Waals surface area contributed by atoms with Gasteiger partial charge >= 0.3 is 0 Å². The van der Waals surface area contributed by atoms with Crippen LogP contribution in [0.2, 0.25) is 5.02 Å².